The van der Waals surface area contributed by atoms with Gasteiger partial charge < -0.3 is 4.98 Å². The summed E-state index contributed by atoms with van der Waals surface area (Å²) in [5, 5.41) is 4.81. The first kappa shape index (κ1) is 12.3. The molecule has 3 nitrogen and oxygen atoms in total. The maximum absolute atomic E-state index is 12.5. The van der Waals surface area contributed by atoms with Crippen molar-refractivity contribution < 1.29 is 0 Å². The van der Waals surface area contributed by atoms with Gasteiger partial charge in [0.2, 0.25) is 0 Å². The van der Waals surface area contributed by atoms with Crippen LogP contribution in [0.1, 0.15) is 11.1 Å². The third-order valence-corrected chi connectivity index (χ3v) is 4.41. The molecule has 0 unspecified atom stereocenters. The zero-order chi connectivity index (χ0) is 13.4. The molecule has 0 aliphatic heterocycles. The van der Waals surface area contributed by atoms with Crippen LogP contribution in [0.4, 0.5) is 0 Å². The van der Waals surface area contributed by atoms with Crippen molar-refractivity contribution >= 4 is 34.5 Å². The van der Waals surface area contributed by atoms with E-state index in [1.165, 1.54) is 5.56 Å². The average molecular weight is 288 g/mol. The van der Waals surface area contributed by atoms with Crippen LogP contribution < -0.4 is 5.56 Å². The van der Waals surface area contributed by atoms with Crippen molar-refractivity contribution in [3.05, 3.63) is 61.3 Å². The Morgan fingerprint density at radius 3 is 2.84 bits per heavy atom. The first-order chi connectivity index (χ1) is 9.16. The molecule has 19 heavy (non-hydrogen) atoms. The Bertz CT molecular complexity index is 857. The van der Waals surface area contributed by atoms with Gasteiger partial charge in [-0.2, -0.15) is 11.3 Å². The molecule has 0 atom stereocenters. The van der Waals surface area contributed by atoms with Gasteiger partial charge in [-0.05, 0) is 53.2 Å². The second-order valence-corrected chi connectivity index (χ2v) is 5.58. The van der Waals surface area contributed by atoms with E-state index in [1.807, 2.05) is 31.2 Å². The maximum atomic E-state index is 12.5. The van der Waals surface area contributed by atoms with E-state index >= 15 is 0 Å². The Labute approximate surface area is 119 Å². The molecule has 3 rings (SSSR count). The van der Waals surface area contributed by atoms with Crippen LogP contribution in [0.25, 0.3) is 10.9 Å². The van der Waals surface area contributed by atoms with Gasteiger partial charge in [-0.15, -0.1) is 0 Å². The molecule has 2 aromatic heterocycles. The van der Waals surface area contributed by atoms with Gasteiger partial charge in [0.1, 0.15) is 0 Å². The van der Waals surface area contributed by atoms with Crippen LogP contribution in [-0.2, 0) is 6.54 Å². The van der Waals surface area contributed by atoms with Gasteiger partial charge >= 0.3 is 0 Å². The van der Waals surface area contributed by atoms with Crippen molar-refractivity contribution in [1.29, 1.82) is 0 Å². The van der Waals surface area contributed by atoms with Gasteiger partial charge in [-0.1, -0.05) is 12.1 Å². The van der Waals surface area contributed by atoms with Crippen LogP contribution in [0.2, 0.25) is 0 Å². The SMILES string of the molecule is Cc1cscc1Cn1c(=S)[nH]c2ccccc2c1=O. The van der Waals surface area contributed by atoms with Gasteiger partial charge in [0.25, 0.3) is 5.56 Å². The summed E-state index contributed by atoms with van der Waals surface area (Å²) in [6, 6.07) is 7.44. The number of aromatic nitrogens is 2. The number of H-pyrrole nitrogens is 1. The van der Waals surface area contributed by atoms with Gasteiger partial charge in [0.15, 0.2) is 4.77 Å². The van der Waals surface area contributed by atoms with Gasteiger partial charge in [-0.3, -0.25) is 9.36 Å². The van der Waals surface area contributed by atoms with Crippen molar-refractivity contribution in [2.24, 2.45) is 0 Å². The normalized spacial score (nSPS) is 11.0. The molecule has 0 aliphatic rings. The van der Waals surface area contributed by atoms with Gasteiger partial charge in [0, 0.05) is 0 Å². The summed E-state index contributed by atoms with van der Waals surface area (Å²) in [6.07, 6.45) is 0. The minimum Gasteiger partial charge on any atom is -0.332 e. The van der Waals surface area contributed by atoms with Crippen LogP contribution >= 0.6 is 23.6 Å². The summed E-state index contributed by atoms with van der Waals surface area (Å²) < 4.78 is 2.08. The summed E-state index contributed by atoms with van der Waals surface area (Å²) in [6.45, 7) is 2.57. The Morgan fingerprint density at radius 2 is 2.11 bits per heavy atom. The monoisotopic (exact) mass is 288 g/mol. The molecule has 1 aromatic carbocycles. The smallest absolute Gasteiger partial charge is 0.262 e. The predicted octanol–water partition coefficient (Wildman–Crippen LogP) is 3.48. The highest BCUT2D eigenvalue weighted by molar-refractivity contribution is 7.71. The van der Waals surface area contributed by atoms with E-state index in [-0.39, 0.29) is 5.56 Å². The maximum Gasteiger partial charge on any atom is 0.262 e. The molecule has 0 radical (unpaired) electrons. The zero-order valence-corrected chi connectivity index (χ0v) is 12.0. The molecular weight excluding hydrogens is 276 g/mol. The van der Waals surface area contributed by atoms with Gasteiger partial charge in [-0.25, -0.2) is 0 Å². The zero-order valence-electron chi connectivity index (χ0n) is 10.3. The van der Waals surface area contributed by atoms with E-state index < -0.39 is 0 Å². The molecule has 0 amide bonds. The van der Waals surface area contributed by atoms with Crippen molar-refractivity contribution in [3.63, 3.8) is 0 Å². The van der Waals surface area contributed by atoms with Crippen molar-refractivity contribution in [2.75, 3.05) is 0 Å². The largest absolute Gasteiger partial charge is 0.332 e. The number of aryl methyl sites for hydroxylation is 1. The lowest BCUT2D eigenvalue weighted by molar-refractivity contribution is 0.733. The van der Waals surface area contributed by atoms with E-state index in [0.717, 1.165) is 11.1 Å². The summed E-state index contributed by atoms with van der Waals surface area (Å²) in [4.78, 5) is 15.6. The van der Waals surface area contributed by atoms with Crippen LogP contribution in [-0.4, -0.2) is 9.55 Å². The van der Waals surface area contributed by atoms with Crippen molar-refractivity contribution in [2.45, 2.75) is 13.5 Å². The number of rotatable bonds is 2. The topological polar surface area (TPSA) is 37.8 Å². The summed E-state index contributed by atoms with van der Waals surface area (Å²) in [5.74, 6) is 0. The predicted molar refractivity (Wildman–Crippen MR) is 81.6 cm³/mol. The first-order valence-electron chi connectivity index (χ1n) is 5.90. The number of aromatic amines is 1. The highest BCUT2D eigenvalue weighted by Crippen LogP contribution is 2.15. The molecule has 0 fully saturated rings. The third-order valence-electron chi connectivity index (χ3n) is 3.18. The van der Waals surface area contributed by atoms with Gasteiger partial charge in [0.05, 0.1) is 17.4 Å². The van der Waals surface area contributed by atoms with Crippen LogP contribution in [0.3, 0.4) is 0 Å². The molecule has 1 N–H and O–H groups in total. The number of hydrogen-bond donors (Lipinski definition) is 1. The average Bonchev–Trinajstić information content (AvgIpc) is 2.80. The van der Waals surface area contributed by atoms with E-state index in [2.05, 4.69) is 15.7 Å². The third kappa shape index (κ3) is 2.15. The fraction of sp³-hybridized carbons (Fsp3) is 0.143. The molecule has 96 valence electrons. The lowest BCUT2D eigenvalue weighted by Crippen LogP contribution is -2.22. The van der Waals surface area contributed by atoms with E-state index in [4.69, 9.17) is 12.2 Å². The molecule has 3 aromatic rings. The second kappa shape index (κ2) is 4.75. The minimum absolute atomic E-state index is 0.0371. The Balaban J connectivity index is 2.22. The van der Waals surface area contributed by atoms with E-state index in [1.54, 1.807) is 15.9 Å². The van der Waals surface area contributed by atoms with E-state index in [0.29, 0.717) is 16.7 Å². The molecule has 5 heteroatoms. The van der Waals surface area contributed by atoms with Crippen LogP contribution in [0.15, 0.2) is 39.8 Å². The molecule has 0 bridgehead atoms. The number of hydrogen-bond acceptors (Lipinski definition) is 3. The molecule has 2 heterocycles. The van der Waals surface area contributed by atoms with Crippen molar-refractivity contribution in [3.8, 4) is 0 Å². The molecular formula is C14H12N2OS2. The quantitative estimate of drug-likeness (QED) is 0.733. The molecule has 0 aliphatic carbocycles. The number of nitrogens with zero attached hydrogens (tertiary/aromatic N) is 1. The summed E-state index contributed by atoms with van der Waals surface area (Å²) in [5.41, 5.74) is 3.09. The number of benzene rings is 1. The fourth-order valence-corrected chi connectivity index (χ4v) is 3.17. The molecule has 0 saturated carbocycles. The second-order valence-electron chi connectivity index (χ2n) is 4.45. The fourth-order valence-electron chi connectivity index (χ4n) is 2.06. The first-order valence-corrected chi connectivity index (χ1v) is 7.25. The van der Waals surface area contributed by atoms with Crippen LogP contribution in [0.5, 0.6) is 0 Å². The number of fused-ring (bicyclic) bond motifs is 1. The van der Waals surface area contributed by atoms with Crippen molar-refractivity contribution in [1.82, 2.24) is 9.55 Å². The molecule has 0 saturated heterocycles. The number of nitrogens with one attached hydrogen (secondary N) is 1. The number of para-hydroxylation sites is 1. The summed E-state index contributed by atoms with van der Waals surface area (Å²) >= 11 is 6.94. The lowest BCUT2D eigenvalue weighted by Gasteiger charge is -2.07. The Morgan fingerprint density at radius 1 is 1.32 bits per heavy atom. The Hall–Kier alpha value is -1.72. The summed E-state index contributed by atoms with van der Waals surface area (Å²) in [7, 11) is 0. The standard InChI is InChI=1S/C14H12N2OS2/c1-9-7-19-8-10(9)6-16-13(17)11-4-2-3-5-12(11)15-14(16)18/h2-5,7-8H,6H2,1H3,(H,15,18). The minimum atomic E-state index is -0.0371. The highest BCUT2D eigenvalue weighted by Gasteiger charge is 2.07. The van der Waals surface area contributed by atoms with Crippen LogP contribution in [0, 0.1) is 11.7 Å². The Kier molecular flexibility index (Phi) is 3.08. The number of thiophene rings is 1. The lowest BCUT2D eigenvalue weighted by atomic mass is 10.2. The molecule has 0 spiro atoms. The van der Waals surface area contributed by atoms with E-state index in [9.17, 15) is 4.79 Å². The highest BCUT2D eigenvalue weighted by atomic mass is 32.1.